The first kappa shape index (κ1) is 13.2. The van der Waals surface area contributed by atoms with Gasteiger partial charge in [0.05, 0.1) is 6.26 Å². The lowest BCUT2D eigenvalue weighted by Gasteiger charge is -2.33. The first-order valence-electron chi connectivity index (χ1n) is 6.01. The molecule has 7 heteroatoms. The van der Waals surface area contributed by atoms with Gasteiger partial charge in [-0.05, 0) is 6.42 Å². The van der Waals surface area contributed by atoms with Crippen LogP contribution in [-0.2, 0) is 16.4 Å². The zero-order valence-corrected chi connectivity index (χ0v) is 11.5. The largest absolute Gasteiger partial charge is 0.354 e. The van der Waals surface area contributed by atoms with Gasteiger partial charge in [0.25, 0.3) is 0 Å². The number of hydrogen-bond donors (Lipinski definition) is 0. The maximum atomic E-state index is 11.4. The van der Waals surface area contributed by atoms with Crippen LogP contribution in [0.5, 0.6) is 0 Å². The van der Waals surface area contributed by atoms with Crippen molar-refractivity contribution in [2.24, 2.45) is 0 Å². The lowest BCUT2D eigenvalue weighted by molar-refractivity contribution is 0.387. The van der Waals surface area contributed by atoms with E-state index in [1.165, 1.54) is 10.6 Å². The Hall–Kier alpha value is -1.21. The third kappa shape index (κ3) is 2.97. The molecule has 0 saturated carbocycles. The second-order valence-corrected chi connectivity index (χ2v) is 6.35. The summed E-state index contributed by atoms with van der Waals surface area (Å²) >= 11 is 0. The molecule has 0 atom stereocenters. The third-order valence-corrected chi connectivity index (χ3v) is 4.41. The highest BCUT2D eigenvalue weighted by Crippen LogP contribution is 2.15. The smallest absolute Gasteiger partial charge is 0.211 e. The molecule has 1 fully saturated rings. The molecule has 0 radical (unpaired) electrons. The third-order valence-electron chi connectivity index (χ3n) is 3.10. The maximum absolute atomic E-state index is 11.4. The molecule has 0 spiro atoms. The van der Waals surface area contributed by atoms with Crippen LogP contribution in [0.3, 0.4) is 0 Å². The number of aryl methyl sites for hydroxylation is 1. The van der Waals surface area contributed by atoms with E-state index in [1.807, 2.05) is 13.0 Å². The lowest BCUT2D eigenvalue weighted by Crippen LogP contribution is -2.48. The minimum atomic E-state index is -3.07. The van der Waals surface area contributed by atoms with Crippen molar-refractivity contribution in [2.75, 3.05) is 37.3 Å². The molecular weight excluding hydrogens is 252 g/mol. The van der Waals surface area contributed by atoms with Gasteiger partial charge >= 0.3 is 0 Å². The molecule has 0 amide bonds. The highest BCUT2D eigenvalue weighted by molar-refractivity contribution is 7.88. The van der Waals surface area contributed by atoms with Crippen molar-refractivity contribution in [1.29, 1.82) is 0 Å². The van der Waals surface area contributed by atoms with Crippen molar-refractivity contribution >= 4 is 15.8 Å². The van der Waals surface area contributed by atoms with Gasteiger partial charge < -0.3 is 4.90 Å². The van der Waals surface area contributed by atoms with Crippen LogP contribution in [0.25, 0.3) is 0 Å². The highest BCUT2D eigenvalue weighted by Gasteiger charge is 2.23. The molecule has 2 rings (SSSR count). The van der Waals surface area contributed by atoms with Crippen molar-refractivity contribution in [3.8, 4) is 0 Å². The topological polar surface area (TPSA) is 66.4 Å². The molecular formula is C11H18N4O2S. The van der Waals surface area contributed by atoms with Crippen LogP contribution in [0, 0.1) is 0 Å². The van der Waals surface area contributed by atoms with E-state index in [0.29, 0.717) is 26.2 Å². The van der Waals surface area contributed by atoms with Gasteiger partial charge in [-0.3, -0.25) is 0 Å². The monoisotopic (exact) mass is 270 g/mol. The van der Waals surface area contributed by atoms with Crippen LogP contribution in [0.1, 0.15) is 12.6 Å². The molecule has 100 valence electrons. The van der Waals surface area contributed by atoms with E-state index in [-0.39, 0.29) is 0 Å². The summed E-state index contributed by atoms with van der Waals surface area (Å²) in [6, 6.07) is 1.97. The Labute approximate surface area is 108 Å². The molecule has 1 aromatic rings. The second kappa shape index (κ2) is 5.19. The Morgan fingerprint density at radius 3 is 2.44 bits per heavy atom. The molecule has 1 aromatic heterocycles. The normalized spacial score (nSPS) is 18.0. The highest BCUT2D eigenvalue weighted by atomic mass is 32.2. The Bertz CT molecular complexity index is 510. The summed E-state index contributed by atoms with van der Waals surface area (Å²) < 4.78 is 24.3. The zero-order valence-electron chi connectivity index (χ0n) is 10.7. The maximum Gasteiger partial charge on any atom is 0.211 e. The summed E-state index contributed by atoms with van der Waals surface area (Å²) in [7, 11) is -3.07. The standard InChI is InChI=1S/C11H18N4O2S/c1-3-10-8-11(13-9-12-10)14-4-6-15(7-5-14)18(2,16)17/h8-9H,3-7H2,1-2H3. The van der Waals surface area contributed by atoms with Gasteiger partial charge in [-0.15, -0.1) is 0 Å². The van der Waals surface area contributed by atoms with Gasteiger partial charge in [0.15, 0.2) is 0 Å². The quantitative estimate of drug-likeness (QED) is 0.780. The molecule has 1 saturated heterocycles. The Morgan fingerprint density at radius 1 is 1.22 bits per heavy atom. The zero-order chi connectivity index (χ0) is 13.2. The molecule has 0 aromatic carbocycles. The molecule has 0 N–H and O–H groups in total. The fourth-order valence-electron chi connectivity index (χ4n) is 2.00. The van der Waals surface area contributed by atoms with Crippen molar-refractivity contribution in [2.45, 2.75) is 13.3 Å². The molecule has 0 bridgehead atoms. The number of nitrogens with zero attached hydrogens (tertiary/aromatic N) is 4. The van der Waals surface area contributed by atoms with Crippen molar-refractivity contribution in [3.63, 3.8) is 0 Å². The first-order chi connectivity index (χ1) is 8.50. The SMILES string of the molecule is CCc1cc(N2CCN(S(C)(=O)=O)CC2)ncn1. The fourth-order valence-corrected chi connectivity index (χ4v) is 2.83. The van der Waals surface area contributed by atoms with Crippen LogP contribution in [0.2, 0.25) is 0 Å². The Morgan fingerprint density at radius 2 is 1.89 bits per heavy atom. The van der Waals surface area contributed by atoms with Crippen LogP contribution in [-0.4, -0.2) is 55.1 Å². The molecule has 1 aliphatic heterocycles. The van der Waals surface area contributed by atoms with E-state index < -0.39 is 10.0 Å². The van der Waals surface area contributed by atoms with E-state index >= 15 is 0 Å². The summed E-state index contributed by atoms with van der Waals surface area (Å²) in [5, 5.41) is 0. The van der Waals surface area contributed by atoms with Crippen molar-refractivity contribution < 1.29 is 8.42 Å². The molecule has 0 unspecified atom stereocenters. The predicted molar refractivity (Wildman–Crippen MR) is 70.0 cm³/mol. The van der Waals surface area contributed by atoms with Gasteiger partial charge in [0.2, 0.25) is 10.0 Å². The number of anilines is 1. The van der Waals surface area contributed by atoms with Crippen molar-refractivity contribution in [3.05, 3.63) is 18.1 Å². The fraction of sp³-hybridized carbons (Fsp3) is 0.636. The molecule has 6 nitrogen and oxygen atoms in total. The number of rotatable bonds is 3. The van der Waals surface area contributed by atoms with Crippen LogP contribution in [0.4, 0.5) is 5.82 Å². The summed E-state index contributed by atoms with van der Waals surface area (Å²) in [6.07, 6.45) is 3.69. The first-order valence-corrected chi connectivity index (χ1v) is 7.86. The summed E-state index contributed by atoms with van der Waals surface area (Å²) in [5.74, 6) is 0.884. The average molecular weight is 270 g/mol. The van der Waals surface area contributed by atoms with E-state index in [1.54, 1.807) is 6.33 Å². The number of aromatic nitrogens is 2. The van der Waals surface area contributed by atoms with E-state index in [9.17, 15) is 8.42 Å². The number of sulfonamides is 1. The Kier molecular flexibility index (Phi) is 3.82. The molecule has 0 aliphatic carbocycles. The molecule has 1 aliphatic rings. The Balaban J connectivity index is 2.05. The predicted octanol–water partition coefficient (Wildman–Crippen LogP) is 0.121. The van der Waals surface area contributed by atoms with Gasteiger partial charge in [-0.1, -0.05) is 6.92 Å². The van der Waals surface area contributed by atoms with Gasteiger partial charge in [-0.25, -0.2) is 18.4 Å². The summed E-state index contributed by atoms with van der Waals surface area (Å²) in [5.41, 5.74) is 1.01. The lowest BCUT2D eigenvalue weighted by atomic mass is 10.3. The second-order valence-electron chi connectivity index (χ2n) is 4.37. The summed E-state index contributed by atoms with van der Waals surface area (Å²) in [4.78, 5) is 10.5. The van der Waals surface area contributed by atoms with Gasteiger partial charge in [-0.2, -0.15) is 4.31 Å². The van der Waals surface area contributed by atoms with E-state index in [4.69, 9.17) is 0 Å². The van der Waals surface area contributed by atoms with Crippen molar-refractivity contribution in [1.82, 2.24) is 14.3 Å². The number of piperazine rings is 1. The minimum absolute atomic E-state index is 0.518. The summed E-state index contributed by atoms with van der Waals surface area (Å²) in [6.45, 7) is 4.43. The van der Waals surface area contributed by atoms with Crippen LogP contribution < -0.4 is 4.90 Å². The molecule has 2 heterocycles. The van der Waals surface area contributed by atoms with Gasteiger partial charge in [0.1, 0.15) is 12.1 Å². The minimum Gasteiger partial charge on any atom is -0.354 e. The van der Waals surface area contributed by atoms with E-state index in [0.717, 1.165) is 17.9 Å². The number of hydrogen-bond acceptors (Lipinski definition) is 5. The van der Waals surface area contributed by atoms with E-state index in [2.05, 4.69) is 14.9 Å². The molecule has 18 heavy (non-hydrogen) atoms. The van der Waals surface area contributed by atoms with Gasteiger partial charge in [0, 0.05) is 37.9 Å². The van der Waals surface area contributed by atoms with Crippen LogP contribution in [0.15, 0.2) is 12.4 Å². The average Bonchev–Trinajstić information content (AvgIpc) is 2.38. The van der Waals surface area contributed by atoms with Crippen LogP contribution >= 0.6 is 0 Å².